The van der Waals surface area contributed by atoms with Crippen molar-refractivity contribution in [2.45, 2.75) is 26.8 Å². The summed E-state index contributed by atoms with van der Waals surface area (Å²) in [5.74, 6) is 0.204. The summed E-state index contributed by atoms with van der Waals surface area (Å²) < 4.78 is 31.6. The number of halogens is 2. The lowest BCUT2D eigenvalue weighted by Crippen LogP contribution is -2.45. The normalized spacial score (nSPS) is 14.4. The van der Waals surface area contributed by atoms with Crippen LogP contribution in [-0.2, 0) is 0 Å². The zero-order valence-corrected chi connectivity index (χ0v) is 21.2. The number of anilines is 3. The van der Waals surface area contributed by atoms with Crippen LogP contribution in [0.3, 0.4) is 0 Å². The molecule has 0 aliphatic carbocycles. The zero-order valence-electron chi connectivity index (χ0n) is 21.2. The highest BCUT2D eigenvalue weighted by Gasteiger charge is 2.18. The molecule has 1 saturated heterocycles. The van der Waals surface area contributed by atoms with Crippen LogP contribution < -0.4 is 16.0 Å². The quantitative estimate of drug-likeness (QED) is 0.328. The summed E-state index contributed by atoms with van der Waals surface area (Å²) in [4.78, 5) is 19.5. The molecule has 5 rings (SSSR count). The molecule has 1 fully saturated rings. The van der Waals surface area contributed by atoms with Crippen molar-refractivity contribution in [2.75, 3.05) is 49.9 Å². The van der Waals surface area contributed by atoms with Crippen molar-refractivity contribution in [1.29, 1.82) is 0 Å². The molecule has 0 bridgehead atoms. The van der Waals surface area contributed by atoms with Gasteiger partial charge in [0.25, 0.3) is 0 Å². The molecule has 1 aliphatic heterocycles. The van der Waals surface area contributed by atoms with E-state index in [0.717, 1.165) is 51.2 Å². The Morgan fingerprint density at radius 3 is 2.57 bits per heavy atom. The Morgan fingerprint density at radius 2 is 1.84 bits per heavy atom. The lowest BCUT2D eigenvalue weighted by molar-refractivity contribution is 0.249. The van der Waals surface area contributed by atoms with Gasteiger partial charge in [-0.05, 0) is 45.0 Å². The highest BCUT2D eigenvalue weighted by Crippen LogP contribution is 2.30. The molecule has 3 aromatic heterocycles. The minimum Gasteiger partial charge on any atom is -0.383 e. The van der Waals surface area contributed by atoms with E-state index < -0.39 is 11.6 Å². The molecule has 1 aromatic carbocycles. The molecule has 1 aliphatic rings. The second-order valence-corrected chi connectivity index (χ2v) is 9.41. The zero-order chi connectivity index (χ0) is 25.9. The molecule has 4 aromatic rings. The first-order valence-electron chi connectivity index (χ1n) is 12.5. The number of nitrogens with zero attached hydrogens (tertiary/aromatic N) is 6. The Balaban J connectivity index is 1.31. The largest absolute Gasteiger partial charge is 0.383 e. The molecule has 0 atom stereocenters. The fraction of sp³-hybridized carbons (Fsp3) is 0.385. The number of aromatic nitrogens is 5. The predicted octanol–water partition coefficient (Wildman–Crippen LogP) is 4.12. The number of fused-ring (bicyclic) bond motifs is 1. The number of hydrogen-bond donors (Lipinski definition) is 3. The summed E-state index contributed by atoms with van der Waals surface area (Å²) in [5.41, 5.74) is 2.07. The standard InChI is InChI=1S/C26H31F2N9/c1-16(2)37-17(3)33-25-20(27)12-18(13-22(25)37)24-21(28)15-32-26(35-24)34-23-5-4-19(14-31-23)30-8-11-36-9-6-29-7-10-36/h4-5,12-16,29-30H,6-11H2,1-3H3,(H,31,32,34,35). The molecule has 0 amide bonds. The minimum absolute atomic E-state index is 0.00124. The Morgan fingerprint density at radius 1 is 1.03 bits per heavy atom. The Labute approximate surface area is 214 Å². The van der Waals surface area contributed by atoms with E-state index in [0.29, 0.717) is 22.7 Å². The number of nitrogens with one attached hydrogen (secondary N) is 3. The summed E-state index contributed by atoms with van der Waals surface area (Å²) in [6, 6.07) is 6.75. The van der Waals surface area contributed by atoms with E-state index in [9.17, 15) is 8.78 Å². The van der Waals surface area contributed by atoms with Crippen molar-refractivity contribution < 1.29 is 8.78 Å². The SMILES string of the molecule is Cc1nc2c(F)cc(-c3nc(Nc4ccc(NCCN5CCNCC5)cn4)ncc3F)cc2n1C(C)C. The average Bonchev–Trinajstić information content (AvgIpc) is 3.23. The highest BCUT2D eigenvalue weighted by atomic mass is 19.1. The summed E-state index contributed by atoms with van der Waals surface area (Å²) in [7, 11) is 0. The van der Waals surface area contributed by atoms with Crippen LogP contribution in [0, 0.1) is 18.6 Å². The maximum Gasteiger partial charge on any atom is 0.229 e. The molecule has 0 unspecified atom stereocenters. The Kier molecular flexibility index (Phi) is 7.24. The third kappa shape index (κ3) is 5.52. The number of pyridine rings is 1. The number of piperazine rings is 1. The maximum atomic E-state index is 14.9. The van der Waals surface area contributed by atoms with Crippen LogP contribution in [-0.4, -0.2) is 68.7 Å². The first-order valence-corrected chi connectivity index (χ1v) is 12.5. The Bertz CT molecular complexity index is 1380. The molecule has 0 saturated carbocycles. The number of aryl methyl sites for hydroxylation is 1. The first-order chi connectivity index (χ1) is 17.9. The van der Waals surface area contributed by atoms with Gasteiger partial charge in [-0.1, -0.05) is 0 Å². The van der Waals surface area contributed by atoms with Gasteiger partial charge in [0, 0.05) is 50.9 Å². The van der Waals surface area contributed by atoms with Gasteiger partial charge < -0.3 is 20.5 Å². The van der Waals surface area contributed by atoms with E-state index >= 15 is 0 Å². The summed E-state index contributed by atoms with van der Waals surface area (Å²) in [6.07, 6.45) is 2.80. The summed E-state index contributed by atoms with van der Waals surface area (Å²) in [5, 5.41) is 9.74. The van der Waals surface area contributed by atoms with Crippen LogP contribution in [0.2, 0.25) is 0 Å². The van der Waals surface area contributed by atoms with Crippen molar-refractivity contribution in [3.8, 4) is 11.3 Å². The van der Waals surface area contributed by atoms with E-state index in [1.54, 1.807) is 18.3 Å². The van der Waals surface area contributed by atoms with Crippen LogP contribution in [0.25, 0.3) is 22.3 Å². The van der Waals surface area contributed by atoms with Gasteiger partial charge in [0.2, 0.25) is 5.95 Å². The summed E-state index contributed by atoms with van der Waals surface area (Å²) in [6.45, 7) is 11.8. The average molecular weight is 508 g/mol. The predicted molar refractivity (Wildman–Crippen MR) is 141 cm³/mol. The van der Waals surface area contributed by atoms with E-state index in [1.165, 1.54) is 6.07 Å². The third-order valence-corrected chi connectivity index (χ3v) is 6.43. The van der Waals surface area contributed by atoms with Gasteiger partial charge in [0.05, 0.1) is 23.6 Å². The lowest BCUT2D eigenvalue weighted by Gasteiger charge is -2.27. The lowest BCUT2D eigenvalue weighted by atomic mass is 10.1. The molecule has 9 nitrogen and oxygen atoms in total. The fourth-order valence-electron chi connectivity index (χ4n) is 4.67. The van der Waals surface area contributed by atoms with Gasteiger partial charge in [-0.3, -0.25) is 4.90 Å². The number of benzene rings is 1. The molecule has 37 heavy (non-hydrogen) atoms. The minimum atomic E-state index is -0.645. The fourth-order valence-corrected chi connectivity index (χ4v) is 4.67. The van der Waals surface area contributed by atoms with E-state index in [1.807, 2.05) is 31.4 Å². The molecular formula is C26H31F2N9. The smallest absolute Gasteiger partial charge is 0.229 e. The van der Waals surface area contributed by atoms with Crippen LogP contribution in [0.15, 0.2) is 36.7 Å². The van der Waals surface area contributed by atoms with Crippen LogP contribution in [0.5, 0.6) is 0 Å². The van der Waals surface area contributed by atoms with Crippen molar-refractivity contribution in [3.05, 3.63) is 54.1 Å². The third-order valence-electron chi connectivity index (χ3n) is 6.43. The number of rotatable bonds is 8. The second-order valence-electron chi connectivity index (χ2n) is 9.41. The highest BCUT2D eigenvalue weighted by molar-refractivity contribution is 5.83. The number of imidazole rings is 1. The van der Waals surface area contributed by atoms with Gasteiger partial charge in [-0.25, -0.2) is 28.7 Å². The van der Waals surface area contributed by atoms with Crippen molar-refractivity contribution in [3.63, 3.8) is 0 Å². The van der Waals surface area contributed by atoms with Gasteiger partial charge in [-0.15, -0.1) is 0 Å². The molecule has 194 valence electrons. The van der Waals surface area contributed by atoms with Crippen molar-refractivity contribution >= 4 is 28.5 Å². The van der Waals surface area contributed by atoms with Crippen molar-refractivity contribution in [1.82, 2.24) is 34.7 Å². The van der Waals surface area contributed by atoms with E-state index in [4.69, 9.17) is 0 Å². The van der Waals surface area contributed by atoms with Gasteiger partial charge in [0.15, 0.2) is 11.6 Å². The molecule has 0 radical (unpaired) electrons. The molecule has 0 spiro atoms. The topological polar surface area (TPSA) is 95.8 Å². The van der Waals surface area contributed by atoms with Gasteiger partial charge in [0.1, 0.15) is 22.9 Å². The monoisotopic (exact) mass is 507 g/mol. The van der Waals surface area contributed by atoms with Gasteiger partial charge >= 0.3 is 0 Å². The molecule has 11 heteroatoms. The van der Waals surface area contributed by atoms with Crippen molar-refractivity contribution in [2.24, 2.45) is 0 Å². The maximum absolute atomic E-state index is 14.9. The Hall–Kier alpha value is -3.70. The molecule has 3 N–H and O–H groups in total. The van der Waals surface area contributed by atoms with Crippen LogP contribution in [0.1, 0.15) is 25.7 Å². The second kappa shape index (κ2) is 10.7. The summed E-state index contributed by atoms with van der Waals surface area (Å²) >= 11 is 0. The molecular weight excluding hydrogens is 476 g/mol. The van der Waals surface area contributed by atoms with Crippen LogP contribution in [0.4, 0.5) is 26.2 Å². The van der Waals surface area contributed by atoms with Crippen LogP contribution >= 0.6 is 0 Å². The first kappa shape index (κ1) is 25.0. The van der Waals surface area contributed by atoms with E-state index in [-0.39, 0.29) is 23.2 Å². The van der Waals surface area contributed by atoms with E-state index in [2.05, 4.69) is 40.8 Å². The number of hydrogen-bond acceptors (Lipinski definition) is 8. The molecule has 4 heterocycles. The van der Waals surface area contributed by atoms with Gasteiger partial charge in [-0.2, -0.15) is 0 Å².